The van der Waals surface area contributed by atoms with Crippen LogP contribution in [0.3, 0.4) is 0 Å². The van der Waals surface area contributed by atoms with Crippen LogP contribution in [0.15, 0.2) is 48.7 Å². The van der Waals surface area contributed by atoms with Gasteiger partial charge in [-0.15, -0.1) is 0 Å². The smallest absolute Gasteiger partial charge is 0.0605 e. The molecule has 0 aliphatic heterocycles. The Morgan fingerprint density at radius 1 is 1.21 bits per heavy atom. The van der Waals surface area contributed by atoms with Gasteiger partial charge < -0.3 is 5.32 Å². The van der Waals surface area contributed by atoms with Crippen molar-refractivity contribution in [3.8, 4) is 0 Å². The first-order valence-corrected chi connectivity index (χ1v) is 7.13. The van der Waals surface area contributed by atoms with Gasteiger partial charge in [0.25, 0.3) is 0 Å². The van der Waals surface area contributed by atoms with Crippen molar-refractivity contribution in [3.05, 3.63) is 65.5 Å². The van der Waals surface area contributed by atoms with E-state index in [9.17, 15) is 0 Å². The number of fused-ring (bicyclic) bond motifs is 1. The summed E-state index contributed by atoms with van der Waals surface area (Å²) in [5, 5.41) is 3.78. The molecular weight excluding hydrogens is 232 g/mol. The van der Waals surface area contributed by atoms with E-state index in [-0.39, 0.29) is 0 Å². The first-order chi connectivity index (χ1) is 9.38. The van der Waals surface area contributed by atoms with Gasteiger partial charge in [-0.05, 0) is 36.5 Å². The molecular formula is C17H20N2. The molecule has 1 aliphatic rings. The van der Waals surface area contributed by atoms with E-state index in [1.54, 1.807) is 0 Å². The molecule has 1 heterocycles. The van der Waals surface area contributed by atoms with Crippen LogP contribution in [0, 0.1) is 0 Å². The van der Waals surface area contributed by atoms with Crippen LogP contribution in [0.25, 0.3) is 0 Å². The van der Waals surface area contributed by atoms with Crippen LogP contribution in [0.5, 0.6) is 0 Å². The standard InChI is InChI=1S/C17H20N2/c1-2-15(13-7-4-3-5-8-13)19-16-11-10-14-9-6-12-18-17(14)16/h3-9,12,15-16,19H,2,10-11H2,1H3. The summed E-state index contributed by atoms with van der Waals surface area (Å²) in [6.07, 6.45) is 5.31. The second kappa shape index (κ2) is 5.54. The Kier molecular flexibility index (Phi) is 3.60. The van der Waals surface area contributed by atoms with Crippen molar-refractivity contribution < 1.29 is 0 Å². The maximum Gasteiger partial charge on any atom is 0.0605 e. The van der Waals surface area contributed by atoms with E-state index in [1.807, 2.05) is 12.3 Å². The van der Waals surface area contributed by atoms with E-state index in [1.165, 1.54) is 16.8 Å². The van der Waals surface area contributed by atoms with Gasteiger partial charge in [0.05, 0.1) is 11.7 Å². The number of hydrogen-bond acceptors (Lipinski definition) is 2. The molecule has 1 aromatic heterocycles. The molecule has 2 heteroatoms. The Morgan fingerprint density at radius 2 is 2.05 bits per heavy atom. The number of aryl methyl sites for hydroxylation is 1. The normalized spacial score (nSPS) is 19.1. The maximum atomic E-state index is 4.56. The highest BCUT2D eigenvalue weighted by molar-refractivity contribution is 5.29. The summed E-state index contributed by atoms with van der Waals surface area (Å²) in [5.41, 5.74) is 4.02. The number of hydrogen-bond donors (Lipinski definition) is 1. The highest BCUT2D eigenvalue weighted by Gasteiger charge is 2.25. The van der Waals surface area contributed by atoms with Gasteiger partial charge in [-0.1, -0.05) is 43.3 Å². The molecule has 2 nitrogen and oxygen atoms in total. The van der Waals surface area contributed by atoms with Crippen molar-refractivity contribution in [3.63, 3.8) is 0 Å². The summed E-state index contributed by atoms with van der Waals surface area (Å²) in [6.45, 7) is 2.24. The minimum absolute atomic E-state index is 0.404. The summed E-state index contributed by atoms with van der Waals surface area (Å²) in [6, 6.07) is 15.8. The summed E-state index contributed by atoms with van der Waals surface area (Å²) in [4.78, 5) is 4.56. The van der Waals surface area contributed by atoms with Gasteiger partial charge in [-0.3, -0.25) is 4.98 Å². The SMILES string of the molecule is CCC(NC1CCc2cccnc21)c1ccccc1. The highest BCUT2D eigenvalue weighted by Crippen LogP contribution is 2.31. The van der Waals surface area contributed by atoms with Gasteiger partial charge in [0.15, 0.2) is 0 Å². The first-order valence-electron chi connectivity index (χ1n) is 7.13. The molecule has 2 unspecified atom stereocenters. The quantitative estimate of drug-likeness (QED) is 0.895. The van der Waals surface area contributed by atoms with E-state index in [0.717, 1.165) is 19.3 Å². The van der Waals surface area contributed by atoms with Gasteiger partial charge in [-0.25, -0.2) is 0 Å². The fourth-order valence-corrected chi connectivity index (χ4v) is 2.95. The average Bonchev–Trinajstić information content (AvgIpc) is 2.89. The van der Waals surface area contributed by atoms with Gasteiger partial charge >= 0.3 is 0 Å². The lowest BCUT2D eigenvalue weighted by molar-refractivity contribution is 0.428. The number of nitrogens with zero attached hydrogens (tertiary/aromatic N) is 1. The van der Waals surface area contributed by atoms with Crippen LogP contribution >= 0.6 is 0 Å². The summed E-state index contributed by atoms with van der Waals surface area (Å²) in [7, 11) is 0. The lowest BCUT2D eigenvalue weighted by atomic mass is 10.0. The lowest BCUT2D eigenvalue weighted by Gasteiger charge is -2.22. The molecule has 0 radical (unpaired) electrons. The second-order valence-corrected chi connectivity index (χ2v) is 5.18. The number of pyridine rings is 1. The molecule has 1 aromatic carbocycles. The third kappa shape index (κ3) is 2.54. The first kappa shape index (κ1) is 12.4. The largest absolute Gasteiger partial charge is 0.302 e. The zero-order valence-corrected chi connectivity index (χ0v) is 11.3. The zero-order chi connectivity index (χ0) is 13.1. The van der Waals surface area contributed by atoms with E-state index in [0.29, 0.717) is 12.1 Å². The van der Waals surface area contributed by atoms with Crippen LogP contribution in [-0.2, 0) is 6.42 Å². The molecule has 3 rings (SSSR count). The molecule has 0 saturated carbocycles. The third-order valence-corrected chi connectivity index (χ3v) is 3.97. The van der Waals surface area contributed by atoms with Crippen molar-refractivity contribution in [1.82, 2.24) is 10.3 Å². The maximum absolute atomic E-state index is 4.56. The lowest BCUT2D eigenvalue weighted by Crippen LogP contribution is -2.25. The molecule has 0 bridgehead atoms. The van der Waals surface area contributed by atoms with E-state index >= 15 is 0 Å². The molecule has 1 N–H and O–H groups in total. The van der Waals surface area contributed by atoms with Crippen molar-refractivity contribution in [2.45, 2.75) is 38.3 Å². The number of aromatic nitrogens is 1. The van der Waals surface area contributed by atoms with Crippen LogP contribution in [0.4, 0.5) is 0 Å². The molecule has 1 aliphatic carbocycles. The number of benzene rings is 1. The minimum atomic E-state index is 0.404. The van der Waals surface area contributed by atoms with Crippen LogP contribution in [0.1, 0.15) is 48.7 Å². The van der Waals surface area contributed by atoms with Gasteiger partial charge in [0.2, 0.25) is 0 Å². The third-order valence-electron chi connectivity index (χ3n) is 3.97. The fourth-order valence-electron chi connectivity index (χ4n) is 2.95. The number of nitrogens with one attached hydrogen (secondary N) is 1. The Bertz CT molecular complexity index is 536. The number of rotatable bonds is 4. The Labute approximate surface area is 114 Å². The zero-order valence-electron chi connectivity index (χ0n) is 11.3. The Morgan fingerprint density at radius 3 is 2.84 bits per heavy atom. The molecule has 2 atom stereocenters. The summed E-state index contributed by atoms with van der Waals surface area (Å²) < 4.78 is 0. The molecule has 98 valence electrons. The van der Waals surface area contributed by atoms with Crippen LogP contribution in [0.2, 0.25) is 0 Å². The van der Waals surface area contributed by atoms with Crippen molar-refractivity contribution in [1.29, 1.82) is 0 Å². The van der Waals surface area contributed by atoms with Crippen molar-refractivity contribution >= 4 is 0 Å². The van der Waals surface area contributed by atoms with Gasteiger partial charge in [0.1, 0.15) is 0 Å². The minimum Gasteiger partial charge on any atom is -0.302 e. The molecule has 19 heavy (non-hydrogen) atoms. The van der Waals surface area contributed by atoms with Crippen LogP contribution in [-0.4, -0.2) is 4.98 Å². The fraction of sp³-hybridized carbons (Fsp3) is 0.353. The second-order valence-electron chi connectivity index (χ2n) is 5.18. The van der Waals surface area contributed by atoms with Crippen LogP contribution < -0.4 is 5.32 Å². The Hall–Kier alpha value is -1.67. The molecule has 2 aromatic rings. The Balaban J connectivity index is 1.78. The molecule has 0 saturated heterocycles. The summed E-state index contributed by atoms with van der Waals surface area (Å²) in [5.74, 6) is 0. The topological polar surface area (TPSA) is 24.9 Å². The monoisotopic (exact) mass is 252 g/mol. The predicted octanol–water partition coefficient (Wildman–Crippen LogP) is 3.81. The van der Waals surface area contributed by atoms with Gasteiger partial charge in [0, 0.05) is 12.2 Å². The molecule has 0 fully saturated rings. The van der Waals surface area contributed by atoms with Crippen molar-refractivity contribution in [2.75, 3.05) is 0 Å². The summed E-state index contributed by atoms with van der Waals surface area (Å²) >= 11 is 0. The van der Waals surface area contributed by atoms with E-state index in [2.05, 4.69) is 53.6 Å². The molecule has 0 spiro atoms. The predicted molar refractivity (Wildman–Crippen MR) is 77.9 cm³/mol. The van der Waals surface area contributed by atoms with Crippen molar-refractivity contribution in [2.24, 2.45) is 0 Å². The van der Waals surface area contributed by atoms with E-state index in [4.69, 9.17) is 0 Å². The molecule has 0 amide bonds. The van der Waals surface area contributed by atoms with E-state index < -0.39 is 0 Å². The highest BCUT2D eigenvalue weighted by atomic mass is 15.0. The average molecular weight is 252 g/mol. The van der Waals surface area contributed by atoms with Gasteiger partial charge in [-0.2, -0.15) is 0 Å².